The average molecular weight is 372 g/mol. The third kappa shape index (κ3) is 3.20. The molecule has 1 aliphatic heterocycles. The Balaban J connectivity index is 1.56. The van der Waals surface area contributed by atoms with Crippen LogP contribution in [0.25, 0.3) is 28.2 Å². The largest absolute Gasteiger partial charge is 0.329 e. The van der Waals surface area contributed by atoms with E-state index in [-0.39, 0.29) is 0 Å². The second kappa shape index (κ2) is 7.56. The Morgan fingerprint density at radius 1 is 0.893 bits per heavy atom. The van der Waals surface area contributed by atoms with Crippen molar-refractivity contribution in [3.8, 4) is 22.5 Å². The van der Waals surface area contributed by atoms with E-state index in [4.69, 9.17) is 4.98 Å². The van der Waals surface area contributed by atoms with Crippen LogP contribution in [-0.2, 0) is 6.54 Å². The summed E-state index contributed by atoms with van der Waals surface area (Å²) in [6.45, 7) is 4.37. The van der Waals surface area contributed by atoms with Gasteiger partial charge in [0.15, 0.2) is 5.65 Å². The fraction of sp³-hybridized carbons (Fsp3) is 0.318. The van der Waals surface area contributed by atoms with Crippen LogP contribution >= 0.6 is 0 Å². The summed E-state index contributed by atoms with van der Waals surface area (Å²) in [5.74, 6) is 0. The summed E-state index contributed by atoms with van der Waals surface area (Å²) >= 11 is 0. The zero-order chi connectivity index (χ0) is 18.8. The lowest BCUT2D eigenvalue weighted by molar-refractivity contribution is 0.221. The van der Waals surface area contributed by atoms with E-state index >= 15 is 0 Å². The predicted molar refractivity (Wildman–Crippen MR) is 110 cm³/mol. The molecule has 4 heterocycles. The molecule has 0 aliphatic carbocycles. The molecule has 6 nitrogen and oxygen atoms in total. The van der Waals surface area contributed by atoms with Crippen LogP contribution in [0.5, 0.6) is 0 Å². The maximum Gasteiger partial charge on any atom is 0.164 e. The number of rotatable bonds is 5. The summed E-state index contributed by atoms with van der Waals surface area (Å²) in [4.78, 5) is 11.9. The molecular weight excluding hydrogens is 348 g/mol. The fourth-order valence-electron chi connectivity index (χ4n) is 4.07. The van der Waals surface area contributed by atoms with Gasteiger partial charge in [0.1, 0.15) is 0 Å². The second-order valence-electron chi connectivity index (χ2n) is 7.35. The molecule has 6 heteroatoms. The van der Waals surface area contributed by atoms with Crippen molar-refractivity contribution in [3.63, 3.8) is 0 Å². The molecule has 142 valence electrons. The van der Waals surface area contributed by atoms with Crippen molar-refractivity contribution in [2.75, 3.05) is 19.6 Å². The van der Waals surface area contributed by atoms with E-state index in [2.05, 4.69) is 43.8 Å². The number of piperidine rings is 1. The molecule has 1 aliphatic rings. The highest BCUT2D eigenvalue weighted by molar-refractivity contribution is 5.85. The van der Waals surface area contributed by atoms with Gasteiger partial charge in [-0.05, 0) is 32.0 Å². The van der Waals surface area contributed by atoms with Gasteiger partial charge in [0.2, 0.25) is 0 Å². The SMILES string of the molecule is c1ccc(-c2ncn(CCN3CCCCC3)c2-c2cnn3cccnc23)cc1. The summed E-state index contributed by atoms with van der Waals surface area (Å²) in [6.07, 6.45) is 11.6. The van der Waals surface area contributed by atoms with E-state index < -0.39 is 0 Å². The Hall–Kier alpha value is -2.99. The van der Waals surface area contributed by atoms with Gasteiger partial charge in [-0.1, -0.05) is 36.8 Å². The second-order valence-corrected chi connectivity index (χ2v) is 7.35. The van der Waals surface area contributed by atoms with Crippen molar-refractivity contribution >= 4 is 5.65 Å². The van der Waals surface area contributed by atoms with Crippen molar-refractivity contribution < 1.29 is 0 Å². The van der Waals surface area contributed by atoms with Crippen LogP contribution in [0.2, 0.25) is 0 Å². The first-order valence-corrected chi connectivity index (χ1v) is 10.0. The minimum absolute atomic E-state index is 0.861. The first-order chi connectivity index (χ1) is 13.9. The van der Waals surface area contributed by atoms with E-state index in [0.29, 0.717) is 0 Å². The molecule has 0 unspecified atom stereocenters. The maximum absolute atomic E-state index is 4.79. The number of hydrogen-bond donors (Lipinski definition) is 0. The monoisotopic (exact) mass is 372 g/mol. The topological polar surface area (TPSA) is 51.2 Å². The molecule has 4 aromatic rings. The normalized spacial score (nSPS) is 15.3. The fourth-order valence-corrected chi connectivity index (χ4v) is 4.07. The number of benzene rings is 1. The Kier molecular flexibility index (Phi) is 4.62. The van der Waals surface area contributed by atoms with Gasteiger partial charge < -0.3 is 9.47 Å². The minimum Gasteiger partial charge on any atom is -0.329 e. The summed E-state index contributed by atoms with van der Waals surface area (Å²) in [6, 6.07) is 12.3. The van der Waals surface area contributed by atoms with Gasteiger partial charge in [-0.25, -0.2) is 14.5 Å². The number of nitrogens with zero attached hydrogens (tertiary/aromatic N) is 6. The van der Waals surface area contributed by atoms with Crippen molar-refractivity contribution in [2.45, 2.75) is 25.8 Å². The van der Waals surface area contributed by atoms with Crippen LogP contribution in [0.3, 0.4) is 0 Å². The molecular formula is C22H24N6. The molecule has 0 saturated carbocycles. The van der Waals surface area contributed by atoms with Crippen LogP contribution in [-0.4, -0.2) is 48.7 Å². The summed E-state index contributed by atoms with van der Waals surface area (Å²) in [5.41, 5.74) is 5.08. The predicted octanol–water partition coefficient (Wildman–Crippen LogP) is 3.75. The van der Waals surface area contributed by atoms with Gasteiger partial charge in [0.05, 0.1) is 29.5 Å². The van der Waals surface area contributed by atoms with Crippen LogP contribution in [0, 0.1) is 0 Å². The molecule has 1 saturated heterocycles. The molecule has 28 heavy (non-hydrogen) atoms. The van der Waals surface area contributed by atoms with E-state index in [0.717, 1.165) is 41.3 Å². The van der Waals surface area contributed by atoms with Gasteiger partial charge in [0, 0.05) is 31.0 Å². The lowest BCUT2D eigenvalue weighted by Crippen LogP contribution is -2.32. The van der Waals surface area contributed by atoms with Gasteiger partial charge in [-0.15, -0.1) is 0 Å². The van der Waals surface area contributed by atoms with Crippen LogP contribution < -0.4 is 0 Å². The quantitative estimate of drug-likeness (QED) is 0.535. The highest BCUT2D eigenvalue weighted by atomic mass is 15.2. The van der Waals surface area contributed by atoms with Crippen LogP contribution in [0.15, 0.2) is 61.3 Å². The van der Waals surface area contributed by atoms with Crippen LogP contribution in [0.4, 0.5) is 0 Å². The molecule has 3 aromatic heterocycles. The number of imidazole rings is 1. The van der Waals surface area contributed by atoms with Crippen molar-refractivity contribution in [2.24, 2.45) is 0 Å². The molecule has 1 aromatic carbocycles. The summed E-state index contributed by atoms with van der Waals surface area (Å²) < 4.78 is 4.09. The number of fused-ring (bicyclic) bond motifs is 1. The Morgan fingerprint density at radius 3 is 2.61 bits per heavy atom. The molecule has 0 bridgehead atoms. The van der Waals surface area contributed by atoms with Gasteiger partial charge in [0.25, 0.3) is 0 Å². The van der Waals surface area contributed by atoms with Crippen molar-refractivity contribution in [3.05, 3.63) is 61.3 Å². The molecule has 1 fully saturated rings. The van der Waals surface area contributed by atoms with Gasteiger partial charge >= 0.3 is 0 Å². The Labute approximate surface area is 164 Å². The highest BCUT2D eigenvalue weighted by Gasteiger charge is 2.20. The standard InChI is InChI=1S/C22H24N6/c1-3-8-18(9-4-1)20-21(19-16-25-28-13-7-10-23-22(19)28)27(17-24-20)15-14-26-11-5-2-6-12-26/h1,3-4,7-10,13,16-17H,2,5-6,11-12,14-15H2. The molecule has 0 spiro atoms. The molecule has 0 amide bonds. The molecule has 0 N–H and O–H groups in total. The third-order valence-electron chi connectivity index (χ3n) is 5.53. The first-order valence-electron chi connectivity index (χ1n) is 10.0. The number of likely N-dealkylation sites (tertiary alicyclic amines) is 1. The van der Waals surface area contributed by atoms with Gasteiger partial charge in [-0.3, -0.25) is 0 Å². The van der Waals surface area contributed by atoms with E-state index in [1.807, 2.05) is 41.6 Å². The Morgan fingerprint density at radius 2 is 1.75 bits per heavy atom. The van der Waals surface area contributed by atoms with E-state index in [1.165, 1.54) is 32.4 Å². The smallest absolute Gasteiger partial charge is 0.164 e. The van der Waals surface area contributed by atoms with Crippen LogP contribution in [0.1, 0.15) is 19.3 Å². The average Bonchev–Trinajstić information content (AvgIpc) is 3.37. The number of aromatic nitrogens is 5. The lowest BCUT2D eigenvalue weighted by Gasteiger charge is -2.26. The van der Waals surface area contributed by atoms with E-state index in [1.54, 1.807) is 0 Å². The zero-order valence-corrected chi connectivity index (χ0v) is 15.9. The highest BCUT2D eigenvalue weighted by Crippen LogP contribution is 2.33. The number of hydrogen-bond acceptors (Lipinski definition) is 4. The maximum atomic E-state index is 4.79. The summed E-state index contributed by atoms with van der Waals surface area (Å²) in [5, 5.41) is 4.50. The first kappa shape index (κ1) is 17.1. The molecule has 5 rings (SSSR count). The zero-order valence-electron chi connectivity index (χ0n) is 15.9. The molecule has 0 radical (unpaired) electrons. The lowest BCUT2D eigenvalue weighted by atomic mass is 10.1. The van der Waals surface area contributed by atoms with Gasteiger partial charge in [-0.2, -0.15) is 5.10 Å². The van der Waals surface area contributed by atoms with Crippen molar-refractivity contribution in [1.82, 2.24) is 29.0 Å². The summed E-state index contributed by atoms with van der Waals surface area (Å²) in [7, 11) is 0. The molecule has 0 atom stereocenters. The minimum atomic E-state index is 0.861. The van der Waals surface area contributed by atoms with E-state index in [9.17, 15) is 0 Å². The third-order valence-corrected chi connectivity index (χ3v) is 5.53. The van der Waals surface area contributed by atoms with Crippen molar-refractivity contribution in [1.29, 1.82) is 0 Å². The Bertz CT molecular complexity index is 1060.